The molecular weight excluding hydrogens is 300 g/mol. The summed E-state index contributed by atoms with van der Waals surface area (Å²) in [5, 5.41) is 0. The van der Waals surface area contributed by atoms with Crippen molar-refractivity contribution < 1.29 is 17.6 Å². The normalized spacial score (nSPS) is 10.4. The van der Waals surface area contributed by atoms with Crippen LogP contribution in [0.4, 0.5) is 17.6 Å². The summed E-state index contributed by atoms with van der Waals surface area (Å²) in [6.45, 7) is -0.145. The van der Waals surface area contributed by atoms with Crippen LogP contribution in [0.25, 0.3) is 11.4 Å². The summed E-state index contributed by atoms with van der Waals surface area (Å²) < 4.78 is 48.7. The molecule has 0 spiro atoms. The first kappa shape index (κ1) is 17.4. The number of alkyl halides is 4. The Morgan fingerprint density at radius 1 is 1.23 bits per heavy atom. The van der Waals surface area contributed by atoms with Gasteiger partial charge in [-0.25, -0.2) is 4.98 Å². The van der Waals surface area contributed by atoms with Gasteiger partial charge >= 0.3 is 6.18 Å². The van der Waals surface area contributed by atoms with Gasteiger partial charge in [-0.2, -0.15) is 13.2 Å². The highest BCUT2D eigenvalue weighted by Gasteiger charge is 2.34. The van der Waals surface area contributed by atoms with Gasteiger partial charge in [-0.05, 0) is 0 Å². The van der Waals surface area contributed by atoms with Crippen LogP contribution in [0.1, 0.15) is 5.69 Å². The molecule has 0 atom stereocenters. The Morgan fingerprint density at radius 3 is 2.32 bits per heavy atom. The number of terminal acetylenes is 1. The summed E-state index contributed by atoms with van der Waals surface area (Å²) >= 11 is 0. The van der Waals surface area contributed by atoms with E-state index in [9.17, 15) is 22.4 Å². The fourth-order valence-electron chi connectivity index (χ4n) is 1.70. The van der Waals surface area contributed by atoms with Gasteiger partial charge in [0.25, 0.3) is 5.56 Å². The van der Waals surface area contributed by atoms with E-state index in [1.165, 1.54) is 0 Å². The molecule has 0 fully saturated rings. The molecule has 116 valence electrons. The minimum atomic E-state index is -4.68. The molecular formula is C15H12F4N2O. The van der Waals surface area contributed by atoms with Gasteiger partial charge in [0.2, 0.25) is 0 Å². The Labute approximate surface area is 124 Å². The fourth-order valence-corrected chi connectivity index (χ4v) is 1.70. The van der Waals surface area contributed by atoms with Crippen LogP contribution >= 0.6 is 0 Å². The lowest BCUT2D eigenvalue weighted by atomic mass is 10.2. The Morgan fingerprint density at radius 2 is 1.82 bits per heavy atom. The third kappa shape index (κ3) is 3.95. The van der Waals surface area contributed by atoms with E-state index in [4.69, 9.17) is 6.42 Å². The number of aromatic nitrogens is 2. The molecule has 0 saturated heterocycles. The van der Waals surface area contributed by atoms with Crippen LogP contribution in [0.5, 0.6) is 0 Å². The summed E-state index contributed by atoms with van der Waals surface area (Å²) in [5.41, 5.74) is -1.66. The van der Waals surface area contributed by atoms with Crippen LogP contribution in [-0.2, 0) is 12.7 Å². The molecule has 2 rings (SSSR count). The van der Waals surface area contributed by atoms with Crippen molar-refractivity contribution in [1.82, 2.24) is 9.55 Å². The zero-order chi connectivity index (χ0) is 16.8. The van der Waals surface area contributed by atoms with Gasteiger partial charge in [0.05, 0.1) is 13.7 Å². The topological polar surface area (TPSA) is 34.9 Å². The second-order valence-corrected chi connectivity index (χ2v) is 3.96. The molecule has 7 heteroatoms. The lowest BCUT2D eigenvalue weighted by Crippen LogP contribution is -2.25. The molecule has 0 unspecified atom stereocenters. The lowest BCUT2D eigenvalue weighted by Gasteiger charge is -2.12. The number of halogens is 4. The molecule has 1 heterocycles. The van der Waals surface area contributed by atoms with E-state index < -0.39 is 17.4 Å². The zero-order valence-electron chi connectivity index (χ0n) is 11.6. The van der Waals surface area contributed by atoms with Crippen LogP contribution in [0.2, 0.25) is 0 Å². The van der Waals surface area contributed by atoms with Crippen LogP contribution < -0.4 is 5.56 Å². The van der Waals surface area contributed by atoms with Crippen molar-refractivity contribution in [3.8, 4) is 23.7 Å². The predicted octanol–water partition coefficient (Wildman–Crippen LogP) is 3.15. The summed E-state index contributed by atoms with van der Waals surface area (Å²) in [7, 11) is 0.500. The third-order valence-corrected chi connectivity index (χ3v) is 2.58. The number of hydrogen-bond donors (Lipinski definition) is 0. The molecule has 0 bridgehead atoms. The molecule has 1 aromatic carbocycles. The zero-order valence-corrected chi connectivity index (χ0v) is 11.6. The maximum atomic E-state index is 12.7. The summed E-state index contributed by atoms with van der Waals surface area (Å²) in [5.74, 6) is 2.14. The second-order valence-electron chi connectivity index (χ2n) is 3.96. The first-order valence-corrected chi connectivity index (χ1v) is 5.99. The van der Waals surface area contributed by atoms with Crippen LogP contribution in [0.3, 0.4) is 0 Å². The maximum absolute atomic E-state index is 12.7. The highest BCUT2D eigenvalue weighted by molar-refractivity contribution is 5.55. The second kappa shape index (κ2) is 7.41. The molecule has 0 amide bonds. The summed E-state index contributed by atoms with van der Waals surface area (Å²) in [6.07, 6.45) is 0.458. The van der Waals surface area contributed by atoms with E-state index in [0.29, 0.717) is 18.8 Å². The first-order valence-electron chi connectivity index (χ1n) is 5.99. The highest BCUT2D eigenvalue weighted by atomic mass is 19.4. The number of rotatable bonds is 2. The molecule has 0 aliphatic heterocycles. The molecule has 0 saturated carbocycles. The van der Waals surface area contributed by atoms with Crippen LogP contribution in [-0.4, -0.2) is 16.7 Å². The van der Waals surface area contributed by atoms with Crippen molar-refractivity contribution in [2.45, 2.75) is 12.7 Å². The molecule has 1 aromatic heterocycles. The molecule has 0 aliphatic carbocycles. The minimum Gasteiger partial charge on any atom is -0.281 e. The monoisotopic (exact) mass is 312 g/mol. The average Bonchev–Trinajstić information content (AvgIpc) is 2.51. The van der Waals surface area contributed by atoms with Crippen molar-refractivity contribution >= 4 is 0 Å². The van der Waals surface area contributed by atoms with E-state index in [1.54, 1.807) is 30.3 Å². The summed E-state index contributed by atoms with van der Waals surface area (Å²) in [6, 6.07) is 8.57. The van der Waals surface area contributed by atoms with Crippen molar-refractivity contribution in [2.75, 3.05) is 7.18 Å². The van der Waals surface area contributed by atoms with Crippen molar-refractivity contribution in [3.05, 3.63) is 52.4 Å². The molecule has 22 heavy (non-hydrogen) atoms. The summed E-state index contributed by atoms with van der Waals surface area (Å²) in [4.78, 5) is 15.3. The smallest absolute Gasteiger partial charge is 0.281 e. The van der Waals surface area contributed by atoms with Gasteiger partial charge in [-0.1, -0.05) is 36.3 Å². The molecule has 2 aromatic rings. The molecule has 3 nitrogen and oxygen atoms in total. The van der Waals surface area contributed by atoms with E-state index in [2.05, 4.69) is 10.9 Å². The first-order chi connectivity index (χ1) is 10.4. The quantitative estimate of drug-likeness (QED) is 0.631. The Balaban J connectivity index is 0.00000116. The lowest BCUT2D eigenvalue weighted by molar-refractivity contribution is -0.141. The predicted molar refractivity (Wildman–Crippen MR) is 74.8 cm³/mol. The van der Waals surface area contributed by atoms with Crippen molar-refractivity contribution in [2.24, 2.45) is 0 Å². The van der Waals surface area contributed by atoms with Crippen molar-refractivity contribution in [3.63, 3.8) is 0 Å². The molecule has 0 radical (unpaired) electrons. The highest BCUT2D eigenvalue weighted by Crippen LogP contribution is 2.28. The van der Waals surface area contributed by atoms with E-state index in [0.717, 1.165) is 4.57 Å². The van der Waals surface area contributed by atoms with Gasteiger partial charge in [-0.3, -0.25) is 13.8 Å². The van der Waals surface area contributed by atoms with E-state index in [-0.39, 0.29) is 12.4 Å². The Bertz CT molecular complexity index is 715. The molecule has 0 aliphatic rings. The van der Waals surface area contributed by atoms with Gasteiger partial charge < -0.3 is 0 Å². The number of nitrogens with zero attached hydrogens (tertiary/aromatic N) is 2. The van der Waals surface area contributed by atoms with Gasteiger partial charge in [0.15, 0.2) is 5.69 Å². The fraction of sp³-hybridized carbons (Fsp3) is 0.200. The Hall–Kier alpha value is -2.62. The SMILES string of the molecule is C#CCn1c(-c2ccccc2)nc(C(F)(F)F)cc1=O.CF. The van der Waals surface area contributed by atoms with Gasteiger partial charge in [-0.15, -0.1) is 6.42 Å². The largest absolute Gasteiger partial charge is 0.433 e. The third-order valence-electron chi connectivity index (χ3n) is 2.58. The van der Waals surface area contributed by atoms with Crippen LogP contribution in [0.15, 0.2) is 41.2 Å². The number of hydrogen-bond acceptors (Lipinski definition) is 2. The standard InChI is InChI=1S/C14H9F3N2O.CH3F/c1-2-8-19-12(20)9-11(14(15,16)17)18-13(19)10-6-4-3-5-7-10;1-2/h1,3-7,9H,8H2;1H3. The van der Waals surface area contributed by atoms with E-state index >= 15 is 0 Å². The van der Waals surface area contributed by atoms with Crippen LogP contribution in [0, 0.1) is 12.3 Å². The number of benzene rings is 1. The Kier molecular flexibility index (Phi) is 5.87. The maximum Gasteiger partial charge on any atom is 0.433 e. The molecule has 0 N–H and O–H groups in total. The average molecular weight is 312 g/mol. The van der Waals surface area contributed by atoms with E-state index in [1.807, 2.05) is 0 Å². The van der Waals surface area contributed by atoms with Gasteiger partial charge in [0.1, 0.15) is 5.82 Å². The minimum absolute atomic E-state index is 0.0941. The van der Waals surface area contributed by atoms with Crippen molar-refractivity contribution in [1.29, 1.82) is 0 Å². The van der Waals surface area contributed by atoms with Gasteiger partial charge in [0, 0.05) is 11.6 Å².